The molecule has 40 heavy (non-hydrogen) atoms. The van der Waals surface area contributed by atoms with Crippen molar-refractivity contribution in [3.63, 3.8) is 0 Å². The maximum Gasteiger partial charge on any atom is 0.410 e. The number of amides is 1. The highest BCUT2D eigenvalue weighted by Gasteiger charge is 2.54. The first-order chi connectivity index (χ1) is 18.3. The Kier molecular flexibility index (Phi) is 9.53. The Morgan fingerprint density at radius 2 is 1.32 bits per heavy atom. The highest BCUT2D eigenvalue weighted by atomic mass is 28.4. The maximum atomic E-state index is 13.5. The van der Waals surface area contributed by atoms with E-state index in [9.17, 15) is 9.90 Å². The van der Waals surface area contributed by atoms with E-state index in [-0.39, 0.29) is 23.2 Å². The molecule has 1 amide bonds. The number of hydrogen-bond acceptors (Lipinski definition) is 5. The van der Waals surface area contributed by atoms with E-state index in [1.165, 1.54) is 0 Å². The minimum Gasteiger partial charge on any atom is -0.444 e. The molecular formula is C32H51NO5Si2. The van der Waals surface area contributed by atoms with Gasteiger partial charge in [0, 0.05) is 0 Å². The lowest BCUT2D eigenvalue weighted by atomic mass is 10.1. The highest BCUT2D eigenvalue weighted by Crippen LogP contribution is 2.40. The van der Waals surface area contributed by atoms with Crippen LogP contribution in [0.4, 0.5) is 4.79 Å². The summed E-state index contributed by atoms with van der Waals surface area (Å²) >= 11 is 0. The first-order valence-corrected chi connectivity index (χ1v) is 19.2. The summed E-state index contributed by atoms with van der Waals surface area (Å²) < 4.78 is 19.6. The number of aliphatic hydroxyl groups is 1. The van der Waals surface area contributed by atoms with Crippen molar-refractivity contribution < 1.29 is 23.5 Å². The van der Waals surface area contributed by atoms with Crippen LogP contribution >= 0.6 is 0 Å². The Bertz CT molecular complexity index is 1080. The van der Waals surface area contributed by atoms with Gasteiger partial charge in [0.1, 0.15) is 11.7 Å². The van der Waals surface area contributed by atoms with Gasteiger partial charge in [-0.05, 0) is 54.3 Å². The van der Waals surface area contributed by atoms with E-state index >= 15 is 0 Å². The Balaban J connectivity index is 2.04. The molecule has 0 saturated carbocycles. The van der Waals surface area contributed by atoms with Gasteiger partial charge in [-0.25, -0.2) is 4.79 Å². The van der Waals surface area contributed by atoms with Crippen LogP contribution in [0.2, 0.25) is 23.2 Å². The topological polar surface area (TPSA) is 68.2 Å². The van der Waals surface area contributed by atoms with Gasteiger partial charge >= 0.3 is 6.09 Å². The summed E-state index contributed by atoms with van der Waals surface area (Å²) in [5, 5.41) is 13.8. The summed E-state index contributed by atoms with van der Waals surface area (Å²) in [6.45, 7) is 23.5. The number of ether oxygens (including phenoxy) is 1. The van der Waals surface area contributed by atoms with E-state index in [0.717, 1.165) is 10.4 Å². The van der Waals surface area contributed by atoms with Crippen molar-refractivity contribution in [2.45, 2.75) is 109 Å². The summed E-state index contributed by atoms with van der Waals surface area (Å²) in [6.07, 6.45) is -1.87. The molecule has 1 aliphatic rings. The van der Waals surface area contributed by atoms with Crippen LogP contribution in [0.3, 0.4) is 0 Å². The summed E-state index contributed by atoms with van der Waals surface area (Å²) in [5.41, 5.74) is -0.663. The molecule has 2 aromatic carbocycles. The van der Waals surface area contributed by atoms with Gasteiger partial charge in [-0.3, -0.25) is 4.90 Å². The number of likely N-dealkylation sites (tertiary alicyclic amines) is 1. The van der Waals surface area contributed by atoms with Crippen LogP contribution < -0.4 is 10.4 Å². The minimum atomic E-state index is -2.88. The van der Waals surface area contributed by atoms with Gasteiger partial charge in [-0.2, -0.15) is 0 Å². The molecule has 0 spiro atoms. The van der Waals surface area contributed by atoms with Crippen LogP contribution in [0.1, 0.15) is 62.3 Å². The maximum absolute atomic E-state index is 13.5. The van der Waals surface area contributed by atoms with Crippen LogP contribution in [-0.2, 0) is 13.6 Å². The predicted octanol–water partition coefficient (Wildman–Crippen LogP) is 5.93. The van der Waals surface area contributed by atoms with Crippen molar-refractivity contribution in [1.82, 2.24) is 4.90 Å². The molecule has 0 bridgehead atoms. The van der Waals surface area contributed by atoms with Gasteiger partial charge in [0.15, 0.2) is 8.32 Å². The second kappa shape index (κ2) is 11.7. The Hall–Kier alpha value is -1.98. The van der Waals surface area contributed by atoms with Crippen LogP contribution in [0.15, 0.2) is 60.7 Å². The fraction of sp³-hybridized carbons (Fsp3) is 0.594. The number of carbonyl (C=O) groups is 1. The van der Waals surface area contributed by atoms with Crippen molar-refractivity contribution >= 4 is 33.1 Å². The van der Waals surface area contributed by atoms with Gasteiger partial charge < -0.3 is 18.7 Å². The second-order valence-corrected chi connectivity index (χ2v) is 23.6. The third kappa shape index (κ3) is 6.90. The number of nitrogens with zero attached hydrogens (tertiary/aromatic N) is 1. The van der Waals surface area contributed by atoms with Crippen molar-refractivity contribution in [2.75, 3.05) is 13.2 Å². The Morgan fingerprint density at radius 1 is 0.850 bits per heavy atom. The zero-order chi connectivity index (χ0) is 30.1. The fourth-order valence-electron chi connectivity index (χ4n) is 5.22. The molecule has 0 aliphatic carbocycles. The zero-order valence-corrected chi connectivity index (χ0v) is 28.4. The minimum absolute atomic E-state index is 0.0347. The average molecular weight is 586 g/mol. The molecule has 6 nitrogen and oxygen atoms in total. The number of hydrogen-bond donors (Lipinski definition) is 1. The van der Waals surface area contributed by atoms with E-state index < -0.39 is 46.6 Å². The summed E-state index contributed by atoms with van der Waals surface area (Å²) in [5.74, 6) is 0. The predicted molar refractivity (Wildman–Crippen MR) is 168 cm³/mol. The SMILES string of the molecule is CC(C)(C)OC(=O)N1C[C@H](O[Si](C)(C)C(C)(C)C)[C@H](O)[C@H]1CO[Si](c1ccccc1)(c1ccccc1)C(C)(C)C. The number of carbonyl (C=O) groups excluding carboxylic acids is 1. The van der Waals surface area contributed by atoms with E-state index in [1.54, 1.807) is 4.90 Å². The molecule has 3 rings (SSSR count). The van der Waals surface area contributed by atoms with Crippen molar-refractivity contribution in [3.05, 3.63) is 60.7 Å². The van der Waals surface area contributed by atoms with Gasteiger partial charge in [-0.1, -0.05) is 102 Å². The molecule has 1 aliphatic heterocycles. The van der Waals surface area contributed by atoms with E-state index in [0.29, 0.717) is 0 Å². The van der Waals surface area contributed by atoms with Gasteiger partial charge in [0.2, 0.25) is 0 Å². The van der Waals surface area contributed by atoms with Gasteiger partial charge in [0.05, 0.1) is 25.3 Å². The molecule has 0 radical (unpaired) electrons. The van der Waals surface area contributed by atoms with Crippen molar-refractivity contribution in [3.8, 4) is 0 Å². The summed E-state index contributed by atoms with van der Waals surface area (Å²) in [6, 6.07) is 20.2. The molecule has 1 fully saturated rings. The fourth-order valence-corrected chi connectivity index (χ4v) is 11.1. The largest absolute Gasteiger partial charge is 0.444 e. The first-order valence-electron chi connectivity index (χ1n) is 14.4. The Morgan fingerprint density at radius 3 is 1.73 bits per heavy atom. The molecule has 3 atom stereocenters. The molecule has 0 unspecified atom stereocenters. The normalized spacial score (nSPS) is 21.0. The lowest BCUT2D eigenvalue weighted by molar-refractivity contribution is 0.00446. The number of benzene rings is 2. The van der Waals surface area contributed by atoms with Crippen molar-refractivity contribution in [1.29, 1.82) is 0 Å². The first kappa shape index (κ1) is 32.5. The quantitative estimate of drug-likeness (QED) is 0.408. The molecule has 1 saturated heterocycles. The molecule has 1 N–H and O–H groups in total. The zero-order valence-electron chi connectivity index (χ0n) is 26.4. The lowest BCUT2D eigenvalue weighted by Crippen LogP contribution is -2.67. The average Bonchev–Trinajstić information content (AvgIpc) is 3.13. The molecule has 1 heterocycles. The lowest BCUT2D eigenvalue weighted by Gasteiger charge is -2.44. The van der Waals surface area contributed by atoms with Crippen molar-refractivity contribution in [2.24, 2.45) is 0 Å². The smallest absolute Gasteiger partial charge is 0.410 e. The van der Waals surface area contributed by atoms with Crippen LogP contribution in [0.25, 0.3) is 0 Å². The van der Waals surface area contributed by atoms with Crippen LogP contribution in [0, 0.1) is 0 Å². The van der Waals surface area contributed by atoms with Gasteiger partial charge in [-0.15, -0.1) is 0 Å². The van der Waals surface area contributed by atoms with E-state index in [2.05, 4.69) is 103 Å². The van der Waals surface area contributed by atoms with Crippen LogP contribution in [-0.4, -0.2) is 69.7 Å². The third-order valence-electron chi connectivity index (χ3n) is 8.32. The second-order valence-electron chi connectivity index (χ2n) is 14.6. The molecule has 0 aromatic heterocycles. The number of aliphatic hydroxyl groups excluding tert-OH is 1. The summed E-state index contributed by atoms with van der Waals surface area (Å²) in [7, 11) is -5.10. The molecule has 8 heteroatoms. The Labute approximate surface area is 244 Å². The van der Waals surface area contributed by atoms with Gasteiger partial charge in [0.25, 0.3) is 8.32 Å². The van der Waals surface area contributed by atoms with Crippen LogP contribution in [0.5, 0.6) is 0 Å². The molecule has 2 aromatic rings. The molecule has 222 valence electrons. The number of rotatable bonds is 7. The standard InChI is InChI=1S/C32H51NO5Si2/c1-30(2,3)37-29(35)33-22-27(38-39(10,11)31(4,5)6)28(34)26(33)23-36-40(32(7,8)9,24-18-14-12-15-19-24)25-20-16-13-17-21-25/h12-21,26-28,34H,22-23H2,1-11H3/t26-,27+,28-/m1/s1. The highest BCUT2D eigenvalue weighted by molar-refractivity contribution is 6.99. The third-order valence-corrected chi connectivity index (χ3v) is 17.8. The molecular weight excluding hydrogens is 535 g/mol. The summed E-state index contributed by atoms with van der Waals surface area (Å²) in [4.78, 5) is 15.1. The van der Waals surface area contributed by atoms with E-state index in [1.807, 2.05) is 32.9 Å². The van der Waals surface area contributed by atoms with E-state index in [4.69, 9.17) is 13.6 Å². The monoisotopic (exact) mass is 585 g/mol.